The van der Waals surface area contributed by atoms with Crippen LogP contribution in [0.2, 0.25) is 0 Å². The zero-order valence-electron chi connectivity index (χ0n) is 11.9. The van der Waals surface area contributed by atoms with Crippen molar-refractivity contribution in [3.63, 3.8) is 0 Å². The van der Waals surface area contributed by atoms with Crippen LogP contribution in [0.5, 0.6) is 0 Å². The molecular formula is C14H22N4. The topological polar surface area (TPSA) is 43.2 Å². The molecule has 0 saturated heterocycles. The van der Waals surface area contributed by atoms with E-state index in [0.29, 0.717) is 11.6 Å². The Balaban J connectivity index is 3.08. The van der Waals surface area contributed by atoms with Crippen LogP contribution in [0, 0.1) is 18.3 Å². The van der Waals surface area contributed by atoms with Gasteiger partial charge in [-0.3, -0.25) is 0 Å². The molecule has 1 aromatic rings. The summed E-state index contributed by atoms with van der Waals surface area (Å²) in [4.78, 5) is 8.86. The maximum atomic E-state index is 9.19. The summed E-state index contributed by atoms with van der Waals surface area (Å²) in [5.41, 5.74) is 1.59. The van der Waals surface area contributed by atoms with Crippen LogP contribution < -0.4 is 4.90 Å². The highest BCUT2D eigenvalue weighted by atomic mass is 15.2. The number of aromatic nitrogens is 1. The van der Waals surface area contributed by atoms with E-state index in [1.165, 1.54) is 0 Å². The Morgan fingerprint density at radius 2 is 2.06 bits per heavy atom. The molecule has 98 valence electrons. The molecule has 0 aliphatic carbocycles. The predicted octanol–water partition coefficient (Wildman–Crippen LogP) is 2.04. The molecule has 0 radical (unpaired) electrons. The van der Waals surface area contributed by atoms with E-state index >= 15 is 0 Å². The number of likely N-dealkylation sites (N-methyl/N-ethyl adjacent to an activating group) is 2. The smallest absolute Gasteiger partial charge is 0.147 e. The van der Waals surface area contributed by atoms with Crippen LogP contribution in [0.15, 0.2) is 12.1 Å². The van der Waals surface area contributed by atoms with Crippen molar-refractivity contribution in [2.24, 2.45) is 0 Å². The monoisotopic (exact) mass is 246 g/mol. The van der Waals surface area contributed by atoms with Gasteiger partial charge in [-0.1, -0.05) is 0 Å². The maximum Gasteiger partial charge on any atom is 0.147 e. The van der Waals surface area contributed by atoms with E-state index in [-0.39, 0.29) is 0 Å². The third-order valence-corrected chi connectivity index (χ3v) is 2.91. The van der Waals surface area contributed by atoms with Crippen molar-refractivity contribution in [2.75, 3.05) is 32.1 Å². The minimum atomic E-state index is 0.325. The molecule has 4 heteroatoms. The van der Waals surface area contributed by atoms with Crippen molar-refractivity contribution in [3.05, 3.63) is 23.4 Å². The normalized spacial score (nSPS) is 12.3. The van der Waals surface area contributed by atoms with E-state index in [1.54, 1.807) is 0 Å². The molecule has 1 unspecified atom stereocenters. The number of anilines is 1. The summed E-state index contributed by atoms with van der Waals surface area (Å²) in [6.45, 7) is 8.00. The number of hydrogen-bond acceptors (Lipinski definition) is 4. The Morgan fingerprint density at radius 3 is 2.56 bits per heavy atom. The van der Waals surface area contributed by atoms with Gasteiger partial charge in [0, 0.05) is 24.8 Å². The summed E-state index contributed by atoms with van der Waals surface area (Å²) in [7, 11) is 4.11. The second kappa shape index (κ2) is 6.36. The molecule has 4 nitrogen and oxygen atoms in total. The fourth-order valence-electron chi connectivity index (χ4n) is 2.15. The van der Waals surface area contributed by atoms with Crippen LogP contribution in [-0.4, -0.2) is 43.1 Å². The Bertz CT molecular complexity index is 434. The summed E-state index contributed by atoms with van der Waals surface area (Å²) in [5, 5.41) is 9.19. The van der Waals surface area contributed by atoms with Crippen molar-refractivity contribution in [1.29, 1.82) is 5.26 Å². The number of rotatable bonds is 5. The SMILES string of the molecule is CCN(c1nc(C)ccc1C#N)C(C)CN(C)C. The van der Waals surface area contributed by atoms with Crippen LogP contribution in [0.1, 0.15) is 25.1 Å². The third-order valence-electron chi connectivity index (χ3n) is 2.91. The summed E-state index contributed by atoms with van der Waals surface area (Å²) in [6.07, 6.45) is 0. The minimum Gasteiger partial charge on any atom is -0.352 e. The molecule has 0 fully saturated rings. The molecule has 0 spiro atoms. The van der Waals surface area contributed by atoms with E-state index in [9.17, 15) is 5.26 Å². The molecule has 1 atom stereocenters. The first kappa shape index (κ1) is 14.5. The average Bonchev–Trinajstić information content (AvgIpc) is 2.29. The van der Waals surface area contributed by atoms with Gasteiger partial charge in [0.25, 0.3) is 0 Å². The lowest BCUT2D eigenvalue weighted by molar-refractivity contribution is 0.372. The van der Waals surface area contributed by atoms with Gasteiger partial charge in [-0.25, -0.2) is 4.98 Å². The van der Waals surface area contributed by atoms with Crippen molar-refractivity contribution < 1.29 is 0 Å². The zero-order valence-corrected chi connectivity index (χ0v) is 11.9. The van der Waals surface area contributed by atoms with E-state index in [2.05, 4.69) is 48.8 Å². The highest BCUT2D eigenvalue weighted by molar-refractivity contribution is 5.54. The zero-order chi connectivity index (χ0) is 13.7. The van der Waals surface area contributed by atoms with Gasteiger partial charge in [0.05, 0.1) is 5.56 Å². The van der Waals surface area contributed by atoms with E-state index < -0.39 is 0 Å². The summed E-state index contributed by atoms with van der Waals surface area (Å²) in [6, 6.07) is 6.28. The molecule has 0 bridgehead atoms. The molecule has 1 heterocycles. The van der Waals surface area contributed by atoms with Crippen molar-refractivity contribution in [2.45, 2.75) is 26.8 Å². The fourth-order valence-corrected chi connectivity index (χ4v) is 2.15. The van der Waals surface area contributed by atoms with Gasteiger partial charge in [-0.2, -0.15) is 5.26 Å². The van der Waals surface area contributed by atoms with Gasteiger partial charge in [-0.05, 0) is 47.0 Å². The third kappa shape index (κ3) is 3.44. The summed E-state index contributed by atoms with van der Waals surface area (Å²) in [5.74, 6) is 0.800. The molecule has 0 saturated carbocycles. The van der Waals surface area contributed by atoms with E-state index in [0.717, 1.165) is 24.6 Å². The second-order valence-corrected chi connectivity index (χ2v) is 4.83. The van der Waals surface area contributed by atoms with Crippen LogP contribution in [0.3, 0.4) is 0 Å². The Morgan fingerprint density at radius 1 is 1.39 bits per heavy atom. The van der Waals surface area contributed by atoms with Crippen molar-refractivity contribution in [1.82, 2.24) is 9.88 Å². The van der Waals surface area contributed by atoms with Crippen molar-refractivity contribution >= 4 is 5.82 Å². The van der Waals surface area contributed by atoms with E-state index in [1.807, 2.05) is 19.1 Å². The molecule has 0 amide bonds. The standard InChI is InChI=1S/C14H22N4/c1-6-18(12(3)10-17(4)5)14-13(9-15)8-7-11(2)16-14/h7-8,12H,6,10H2,1-5H3. The van der Waals surface area contributed by atoms with Gasteiger partial charge < -0.3 is 9.80 Å². The molecule has 1 aromatic heterocycles. The van der Waals surface area contributed by atoms with Gasteiger partial charge in [0.15, 0.2) is 0 Å². The van der Waals surface area contributed by atoms with Crippen LogP contribution >= 0.6 is 0 Å². The Kier molecular flexibility index (Phi) is 5.11. The van der Waals surface area contributed by atoms with Crippen LogP contribution in [0.25, 0.3) is 0 Å². The molecule has 18 heavy (non-hydrogen) atoms. The average molecular weight is 246 g/mol. The first-order chi connectivity index (χ1) is 8.49. The lowest BCUT2D eigenvalue weighted by Crippen LogP contribution is -2.41. The predicted molar refractivity (Wildman–Crippen MR) is 74.7 cm³/mol. The molecular weight excluding hydrogens is 224 g/mol. The van der Waals surface area contributed by atoms with Crippen LogP contribution in [0.4, 0.5) is 5.82 Å². The number of nitrogens with zero attached hydrogens (tertiary/aromatic N) is 4. The molecule has 0 aromatic carbocycles. The van der Waals surface area contributed by atoms with Crippen LogP contribution in [-0.2, 0) is 0 Å². The highest BCUT2D eigenvalue weighted by Gasteiger charge is 2.18. The maximum absolute atomic E-state index is 9.19. The fraction of sp³-hybridized carbons (Fsp3) is 0.571. The van der Waals surface area contributed by atoms with E-state index in [4.69, 9.17) is 0 Å². The minimum absolute atomic E-state index is 0.325. The molecule has 0 aliphatic heterocycles. The Labute approximate surface area is 110 Å². The molecule has 1 rings (SSSR count). The quantitative estimate of drug-likeness (QED) is 0.797. The lowest BCUT2D eigenvalue weighted by atomic mass is 10.2. The number of nitriles is 1. The number of pyridine rings is 1. The largest absolute Gasteiger partial charge is 0.352 e. The number of aryl methyl sites for hydroxylation is 1. The highest BCUT2D eigenvalue weighted by Crippen LogP contribution is 2.20. The first-order valence-corrected chi connectivity index (χ1v) is 6.28. The molecule has 0 N–H and O–H groups in total. The summed E-state index contributed by atoms with van der Waals surface area (Å²) >= 11 is 0. The van der Waals surface area contributed by atoms with Gasteiger partial charge in [0.2, 0.25) is 0 Å². The summed E-state index contributed by atoms with van der Waals surface area (Å²) < 4.78 is 0. The van der Waals surface area contributed by atoms with Gasteiger partial charge in [-0.15, -0.1) is 0 Å². The number of hydrogen-bond donors (Lipinski definition) is 0. The Hall–Kier alpha value is -1.60. The molecule has 0 aliphatic rings. The first-order valence-electron chi connectivity index (χ1n) is 6.28. The van der Waals surface area contributed by atoms with Crippen molar-refractivity contribution in [3.8, 4) is 6.07 Å². The van der Waals surface area contributed by atoms with Gasteiger partial charge >= 0.3 is 0 Å². The lowest BCUT2D eigenvalue weighted by Gasteiger charge is -2.31. The van der Waals surface area contributed by atoms with Gasteiger partial charge in [0.1, 0.15) is 11.9 Å². The second-order valence-electron chi connectivity index (χ2n) is 4.83.